The Hall–Kier alpha value is -3.00. The van der Waals surface area contributed by atoms with E-state index in [1.54, 1.807) is 25.3 Å². The highest BCUT2D eigenvalue weighted by atomic mass is 19.1. The van der Waals surface area contributed by atoms with Gasteiger partial charge in [0.05, 0.1) is 13.2 Å². The van der Waals surface area contributed by atoms with Crippen LogP contribution < -0.4 is 10.1 Å². The highest BCUT2D eigenvalue weighted by molar-refractivity contribution is 5.87. The number of rotatable bonds is 7. The van der Waals surface area contributed by atoms with Crippen LogP contribution in [0.1, 0.15) is 96.4 Å². The molecule has 1 saturated heterocycles. The Labute approximate surface area is 243 Å². The first-order valence-corrected chi connectivity index (χ1v) is 14.8. The molecule has 2 N–H and O–H groups in total. The number of hydrogen-bond donors (Lipinski definition) is 2. The van der Waals surface area contributed by atoms with Crippen LogP contribution in [-0.4, -0.2) is 46.1 Å². The fourth-order valence-electron chi connectivity index (χ4n) is 6.77. The van der Waals surface area contributed by atoms with Gasteiger partial charge in [0.25, 0.3) is 0 Å². The Morgan fingerprint density at radius 2 is 1.76 bits per heavy atom. The summed E-state index contributed by atoms with van der Waals surface area (Å²) in [5.74, 6) is -1.97. The molecule has 41 heavy (non-hydrogen) atoms. The average molecular weight is 568 g/mol. The Kier molecular flexibility index (Phi) is 9.12. The topological polar surface area (TPSA) is 91.8 Å². The maximum absolute atomic E-state index is 15.6. The van der Waals surface area contributed by atoms with E-state index in [0.29, 0.717) is 18.0 Å². The lowest BCUT2D eigenvalue weighted by Gasteiger charge is -2.36. The second-order valence-electron chi connectivity index (χ2n) is 13.8. The molecule has 0 bridgehead atoms. The van der Waals surface area contributed by atoms with Gasteiger partial charge in [0.15, 0.2) is 0 Å². The summed E-state index contributed by atoms with van der Waals surface area (Å²) in [5.41, 5.74) is 1.55. The molecule has 1 aromatic carbocycles. The maximum Gasteiger partial charge on any atom is 0.326 e. The molecule has 7 nitrogen and oxygen atoms in total. The Morgan fingerprint density at radius 1 is 1.10 bits per heavy atom. The highest BCUT2D eigenvalue weighted by Gasteiger charge is 2.58. The lowest BCUT2D eigenvalue weighted by atomic mass is 9.72. The Bertz CT molecular complexity index is 1250. The largest absolute Gasteiger partial charge is 0.481 e. The molecule has 4 rings (SSSR count). The van der Waals surface area contributed by atoms with Gasteiger partial charge in [-0.1, -0.05) is 79.0 Å². The number of hydrogen-bond acceptors (Lipinski definition) is 5. The number of aliphatic carboxylic acids is 1. The zero-order chi connectivity index (χ0) is 30.1. The number of benzene rings is 1. The van der Waals surface area contributed by atoms with Crippen LogP contribution in [-0.2, 0) is 21.5 Å². The molecule has 1 aliphatic heterocycles. The number of methoxy groups -OCH3 is 1. The zero-order valence-electron chi connectivity index (χ0n) is 25.5. The van der Waals surface area contributed by atoms with E-state index in [-0.39, 0.29) is 17.2 Å². The van der Waals surface area contributed by atoms with E-state index >= 15 is 4.39 Å². The minimum atomic E-state index is -1.10. The van der Waals surface area contributed by atoms with Gasteiger partial charge < -0.3 is 20.1 Å². The first-order valence-electron chi connectivity index (χ1n) is 14.8. The molecule has 4 atom stereocenters. The summed E-state index contributed by atoms with van der Waals surface area (Å²) in [4.78, 5) is 33.3. The van der Waals surface area contributed by atoms with Crippen molar-refractivity contribution in [3.05, 3.63) is 59.0 Å². The third-order valence-corrected chi connectivity index (χ3v) is 8.87. The van der Waals surface area contributed by atoms with Gasteiger partial charge in [-0.3, -0.25) is 4.79 Å². The number of carboxylic acids is 1. The molecule has 0 spiro atoms. The van der Waals surface area contributed by atoms with Gasteiger partial charge >= 0.3 is 5.97 Å². The van der Waals surface area contributed by atoms with Crippen LogP contribution in [0.4, 0.5) is 4.39 Å². The van der Waals surface area contributed by atoms with Gasteiger partial charge in [-0.25, -0.2) is 14.2 Å². The van der Waals surface area contributed by atoms with Crippen LogP contribution in [0.25, 0.3) is 0 Å². The van der Waals surface area contributed by atoms with E-state index in [1.165, 1.54) is 11.0 Å². The molecule has 1 amide bonds. The van der Waals surface area contributed by atoms with E-state index in [9.17, 15) is 14.7 Å². The Balaban J connectivity index is 1.84. The van der Waals surface area contributed by atoms with Crippen molar-refractivity contribution in [2.45, 2.75) is 104 Å². The van der Waals surface area contributed by atoms with Crippen molar-refractivity contribution in [3.8, 4) is 5.88 Å². The lowest BCUT2D eigenvalue weighted by Crippen LogP contribution is -2.49. The van der Waals surface area contributed by atoms with Gasteiger partial charge in [-0.2, -0.15) is 0 Å². The van der Waals surface area contributed by atoms with E-state index in [4.69, 9.17) is 4.74 Å². The summed E-state index contributed by atoms with van der Waals surface area (Å²) in [7, 11) is 1.57. The summed E-state index contributed by atoms with van der Waals surface area (Å²) in [6.07, 6.45) is 6.21. The number of carboxylic acid groups (broad SMARTS) is 1. The first kappa shape index (κ1) is 30.9. The summed E-state index contributed by atoms with van der Waals surface area (Å²) in [6, 6.07) is 6.05. The third kappa shape index (κ3) is 6.42. The molecule has 2 heterocycles. The number of aromatic nitrogens is 1. The number of likely N-dealkylation sites (tertiary alicyclic amines) is 1. The second-order valence-corrected chi connectivity index (χ2v) is 13.8. The number of halogens is 1. The number of amides is 1. The van der Waals surface area contributed by atoms with Gasteiger partial charge in [-0.15, -0.1) is 0 Å². The molecule has 1 aromatic heterocycles. The second kappa shape index (κ2) is 12.1. The lowest BCUT2D eigenvalue weighted by molar-refractivity contribution is -0.154. The SMILES string of the molecule is COc1ncc(C(C)(C)C)cc1CN[C@H]1[C@H](C(C)(C)C)[C@@H](C(=O)O)N(C(=O)C2CCCCC2)[C@H]1c1ccccc1F. The van der Waals surface area contributed by atoms with Crippen molar-refractivity contribution >= 4 is 11.9 Å². The molecule has 224 valence electrons. The first-order chi connectivity index (χ1) is 19.3. The number of nitrogens with one attached hydrogen (secondary N) is 1. The molecule has 0 radical (unpaired) electrons. The van der Waals surface area contributed by atoms with Crippen LogP contribution in [0.3, 0.4) is 0 Å². The van der Waals surface area contributed by atoms with Crippen molar-refractivity contribution < 1.29 is 23.8 Å². The molecule has 1 aliphatic carbocycles. The van der Waals surface area contributed by atoms with E-state index < -0.39 is 41.2 Å². The fourth-order valence-corrected chi connectivity index (χ4v) is 6.77. The standard InChI is InChI=1S/C33H46FN3O4/c1-32(2,3)22-17-21(29(41-7)36-19-22)18-35-26-25(33(4,5)6)28(31(39)40)37(30(38)20-13-9-8-10-14-20)27(26)23-15-11-12-16-24(23)34/h11-12,15-17,19-20,25-28,35H,8-10,13-14,18H2,1-7H3,(H,39,40)/t25-,26-,27-,28-/m0/s1. The molecule has 1 saturated carbocycles. The summed E-state index contributed by atoms with van der Waals surface area (Å²) >= 11 is 0. The summed E-state index contributed by atoms with van der Waals surface area (Å²) in [5, 5.41) is 14.3. The predicted molar refractivity (Wildman–Crippen MR) is 157 cm³/mol. The van der Waals surface area contributed by atoms with Gasteiger partial charge in [-0.05, 0) is 41.4 Å². The van der Waals surface area contributed by atoms with E-state index in [2.05, 4.69) is 37.1 Å². The minimum absolute atomic E-state index is 0.136. The molecule has 2 aliphatic rings. The van der Waals surface area contributed by atoms with Crippen LogP contribution in [0.15, 0.2) is 36.5 Å². The van der Waals surface area contributed by atoms with Crippen LogP contribution in [0.5, 0.6) is 5.88 Å². The van der Waals surface area contributed by atoms with E-state index in [0.717, 1.165) is 43.2 Å². The number of nitrogens with zero attached hydrogens (tertiary/aromatic N) is 2. The van der Waals surface area contributed by atoms with Crippen molar-refractivity contribution in [1.29, 1.82) is 0 Å². The van der Waals surface area contributed by atoms with Gasteiger partial charge in [0.2, 0.25) is 11.8 Å². The van der Waals surface area contributed by atoms with Crippen molar-refractivity contribution in [1.82, 2.24) is 15.2 Å². The van der Waals surface area contributed by atoms with Gasteiger partial charge in [0.1, 0.15) is 11.9 Å². The minimum Gasteiger partial charge on any atom is -0.481 e. The fraction of sp³-hybridized carbons (Fsp3) is 0.606. The molecular weight excluding hydrogens is 521 g/mol. The predicted octanol–water partition coefficient (Wildman–Crippen LogP) is 6.26. The molecule has 2 fully saturated rings. The number of carbonyl (C=O) groups is 2. The number of carbonyl (C=O) groups excluding carboxylic acids is 1. The monoisotopic (exact) mass is 567 g/mol. The smallest absolute Gasteiger partial charge is 0.326 e. The van der Waals surface area contributed by atoms with Crippen molar-refractivity contribution in [2.75, 3.05) is 7.11 Å². The van der Waals surface area contributed by atoms with Crippen molar-refractivity contribution in [3.63, 3.8) is 0 Å². The highest BCUT2D eigenvalue weighted by Crippen LogP contribution is 2.49. The van der Waals surface area contributed by atoms with Crippen molar-refractivity contribution in [2.24, 2.45) is 17.3 Å². The normalized spacial score (nSPS) is 24.0. The van der Waals surface area contributed by atoms with Gasteiger partial charge in [0, 0.05) is 41.7 Å². The van der Waals surface area contributed by atoms with Crippen LogP contribution >= 0.6 is 0 Å². The zero-order valence-corrected chi connectivity index (χ0v) is 25.5. The summed E-state index contributed by atoms with van der Waals surface area (Å²) < 4.78 is 21.1. The quantitative estimate of drug-likeness (QED) is 0.410. The molecule has 2 aromatic rings. The molecule has 0 unspecified atom stereocenters. The number of ether oxygens (including phenoxy) is 1. The number of pyridine rings is 1. The Morgan fingerprint density at radius 3 is 2.32 bits per heavy atom. The van der Waals surface area contributed by atoms with Crippen LogP contribution in [0, 0.1) is 23.1 Å². The summed E-state index contributed by atoms with van der Waals surface area (Å²) in [6.45, 7) is 12.6. The molecular formula is C33H46FN3O4. The maximum atomic E-state index is 15.6. The van der Waals surface area contributed by atoms with E-state index in [1.807, 2.05) is 27.0 Å². The third-order valence-electron chi connectivity index (χ3n) is 8.87. The van der Waals surface area contributed by atoms with Crippen LogP contribution in [0.2, 0.25) is 0 Å². The molecule has 8 heteroatoms. The average Bonchev–Trinajstić information content (AvgIpc) is 3.27.